The van der Waals surface area contributed by atoms with Gasteiger partial charge in [-0.05, 0) is 72.2 Å². The average molecular weight is 560 g/mol. The first-order valence-corrected chi connectivity index (χ1v) is 13.8. The summed E-state index contributed by atoms with van der Waals surface area (Å²) in [6.45, 7) is 0.532. The third-order valence-electron chi connectivity index (χ3n) is 7.77. The molecule has 1 aliphatic carbocycles. The normalized spacial score (nSPS) is 16.7. The summed E-state index contributed by atoms with van der Waals surface area (Å²) < 4.78 is 0. The number of carbonyl (C=O) groups is 1. The van der Waals surface area contributed by atoms with E-state index in [1.165, 1.54) is 0 Å². The van der Waals surface area contributed by atoms with Crippen molar-refractivity contribution in [1.29, 1.82) is 0 Å². The number of fused-ring (bicyclic) bond motifs is 1. The summed E-state index contributed by atoms with van der Waals surface area (Å²) in [5.74, 6) is 0.255. The van der Waals surface area contributed by atoms with E-state index in [4.69, 9.17) is 28.2 Å². The monoisotopic (exact) mass is 559 g/mol. The predicted molar refractivity (Wildman–Crippen MR) is 152 cm³/mol. The number of benzene rings is 3. The van der Waals surface area contributed by atoms with E-state index < -0.39 is 12.0 Å². The van der Waals surface area contributed by atoms with Gasteiger partial charge in [-0.15, -0.1) is 0 Å². The van der Waals surface area contributed by atoms with Crippen LogP contribution in [0, 0.1) is 0 Å². The Balaban J connectivity index is 1.25. The standard InChI is InChI=1S/C31H27Cl2N3O3/c32-23-15-21(16-24(33)17-23)19-6-4-7-20(14-19)27(37)29(39)36-13-5-10-26-25(18-36)28(38)35-30(34-26)31(11-12-31)22-8-2-1-3-9-22/h1-4,6-9,14-17,27,37H,5,10-13,18H2,(H,34,35,38). The molecule has 39 heavy (non-hydrogen) atoms. The predicted octanol–water partition coefficient (Wildman–Crippen LogP) is 5.83. The van der Waals surface area contributed by atoms with Gasteiger partial charge in [-0.3, -0.25) is 9.59 Å². The molecule has 4 aromatic rings. The van der Waals surface area contributed by atoms with Crippen LogP contribution in [0.4, 0.5) is 0 Å². The number of hydrogen-bond donors (Lipinski definition) is 2. The summed E-state index contributed by atoms with van der Waals surface area (Å²) in [5.41, 5.74) is 3.95. The number of aromatic nitrogens is 2. The zero-order chi connectivity index (χ0) is 27.1. The van der Waals surface area contributed by atoms with Crippen LogP contribution in [0.1, 0.15) is 53.6 Å². The summed E-state index contributed by atoms with van der Waals surface area (Å²) in [5, 5.41) is 12.1. The van der Waals surface area contributed by atoms with Gasteiger partial charge in [-0.25, -0.2) is 4.98 Å². The summed E-state index contributed by atoms with van der Waals surface area (Å²) in [4.78, 5) is 36.3. The smallest absolute Gasteiger partial charge is 0.256 e. The van der Waals surface area contributed by atoms with Gasteiger partial charge in [-0.1, -0.05) is 71.7 Å². The van der Waals surface area contributed by atoms with Gasteiger partial charge >= 0.3 is 0 Å². The number of rotatable bonds is 5. The van der Waals surface area contributed by atoms with Gasteiger partial charge in [-0.2, -0.15) is 0 Å². The van der Waals surface area contributed by atoms with E-state index in [1.54, 1.807) is 41.3 Å². The number of halogens is 2. The fourth-order valence-corrected chi connectivity index (χ4v) is 6.03. The molecule has 1 saturated carbocycles. The van der Waals surface area contributed by atoms with Crippen LogP contribution >= 0.6 is 23.2 Å². The number of aliphatic hydroxyl groups is 1. The Labute approximate surface area is 236 Å². The van der Waals surface area contributed by atoms with Crippen molar-refractivity contribution in [2.24, 2.45) is 0 Å². The Bertz CT molecular complexity index is 1600. The molecule has 2 aliphatic rings. The van der Waals surface area contributed by atoms with Crippen LogP contribution in [-0.4, -0.2) is 32.4 Å². The molecule has 3 aromatic carbocycles. The van der Waals surface area contributed by atoms with Crippen LogP contribution in [-0.2, 0) is 23.2 Å². The highest BCUT2D eigenvalue weighted by molar-refractivity contribution is 6.35. The molecule has 0 saturated heterocycles. The average Bonchev–Trinajstić information content (AvgIpc) is 3.77. The van der Waals surface area contributed by atoms with Crippen LogP contribution in [0.2, 0.25) is 10.0 Å². The number of aryl methyl sites for hydroxylation is 1. The van der Waals surface area contributed by atoms with Crippen molar-refractivity contribution in [3.63, 3.8) is 0 Å². The lowest BCUT2D eigenvalue weighted by molar-refractivity contribution is -0.141. The maximum Gasteiger partial charge on any atom is 0.256 e. The van der Waals surface area contributed by atoms with Gasteiger partial charge in [0.15, 0.2) is 6.10 Å². The third kappa shape index (κ3) is 5.00. The molecule has 0 spiro atoms. The third-order valence-corrected chi connectivity index (χ3v) is 8.20. The maximum absolute atomic E-state index is 13.5. The molecule has 1 aromatic heterocycles. The van der Waals surface area contributed by atoms with Crippen LogP contribution in [0.3, 0.4) is 0 Å². The van der Waals surface area contributed by atoms with Gasteiger partial charge in [0, 0.05) is 16.6 Å². The Hall–Kier alpha value is -3.45. The maximum atomic E-state index is 13.5. The summed E-state index contributed by atoms with van der Waals surface area (Å²) >= 11 is 12.3. The minimum atomic E-state index is -1.37. The number of aliphatic hydroxyl groups excluding tert-OH is 1. The number of aromatic amines is 1. The molecule has 1 atom stereocenters. The molecule has 1 aliphatic heterocycles. The first-order valence-electron chi connectivity index (χ1n) is 13.1. The van der Waals surface area contributed by atoms with E-state index in [9.17, 15) is 14.7 Å². The van der Waals surface area contributed by atoms with Crippen molar-refractivity contribution in [1.82, 2.24) is 14.9 Å². The van der Waals surface area contributed by atoms with Gasteiger partial charge in [0.2, 0.25) is 0 Å². The highest BCUT2D eigenvalue weighted by Crippen LogP contribution is 2.52. The molecule has 6 rings (SSSR count). The number of nitrogens with zero attached hydrogens (tertiary/aromatic N) is 2. The SMILES string of the molecule is O=C(C(O)c1cccc(-c2cc(Cl)cc(Cl)c2)c1)N1CCCc2nc(C3(c4ccccc4)CC3)[nH]c(=O)c2C1. The highest BCUT2D eigenvalue weighted by atomic mass is 35.5. The molecule has 1 amide bonds. The molecule has 2 N–H and O–H groups in total. The van der Waals surface area contributed by atoms with Crippen molar-refractivity contribution in [3.05, 3.63) is 121 Å². The van der Waals surface area contributed by atoms with Crippen molar-refractivity contribution in [2.75, 3.05) is 6.54 Å². The lowest BCUT2D eigenvalue weighted by atomic mass is 9.94. The number of H-pyrrole nitrogens is 1. The molecule has 0 bridgehead atoms. The van der Waals surface area contributed by atoms with Crippen molar-refractivity contribution in [2.45, 2.75) is 43.7 Å². The lowest BCUT2D eigenvalue weighted by Crippen LogP contribution is -2.36. The van der Waals surface area contributed by atoms with Gasteiger partial charge in [0.1, 0.15) is 5.82 Å². The summed E-state index contributed by atoms with van der Waals surface area (Å²) in [6, 6.07) is 22.5. The van der Waals surface area contributed by atoms with Crippen molar-refractivity contribution >= 4 is 29.1 Å². The molecule has 0 radical (unpaired) electrons. The Morgan fingerprint density at radius 2 is 1.72 bits per heavy atom. The van der Waals surface area contributed by atoms with Crippen molar-refractivity contribution in [3.8, 4) is 11.1 Å². The zero-order valence-corrected chi connectivity index (χ0v) is 22.7. The quantitative estimate of drug-likeness (QED) is 0.322. The second kappa shape index (κ2) is 10.3. The first kappa shape index (κ1) is 25.8. The largest absolute Gasteiger partial charge is 0.378 e. The molecule has 2 heterocycles. The Morgan fingerprint density at radius 3 is 2.44 bits per heavy atom. The van der Waals surface area contributed by atoms with E-state index in [1.807, 2.05) is 24.3 Å². The van der Waals surface area contributed by atoms with Gasteiger partial charge in [0.05, 0.1) is 23.2 Å². The van der Waals surface area contributed by atoms with Crippen LogP contribution in [0.5, 0.6) is 0 Å². The number of carbonyl (C=O) groups excluding carboxylic acids is 1. The number of hydrogen-bond acceptors (Lipinski definition) is 4. The van der Waals surface area contributed by atoms with E-state index in [-0.39, 0.29) is 17.5 Å². The fraction of sp³-hybridized carbons (Fsp3) is 0.258. The zero-order valence-electron chi connectivity index (χ0n) is 21.2. The number of nitrogens with one attached hydrogen (secondary N) is 1. The fourth-order valence-electron chi connectivity index (χ4n) is 5.51. The van der Waals surface area contributed by atoms with Gasteiger partial charge < -0.3 is 15.0 Å². The van der Waals surface area contributed by atoms with Crippen LogP contribution in [0.15, 0.2) is 77.6 Å². The minimum absolute atomic E-state index is 0.107. The molecular weight excluding hydrogens is 533 g/mol. The van der Waals surface area contributed by atoms with Gasteiger partial charge in [0.25, 0.3) is 11.5 Å². The summed E-state index contributed by atoms with van der Waals surface area (Å²) in [7, 11) is 0. The van der Waals surface area contributed by atoms with E-state index >= 15 is 0 Å². The summed E-state index contributed by atoms with van der Waals surface area (Å²) in [6.07, 6.45) is 1.76. The lowest BCUT2D eigenvalue weighted by Gasteiger charge is -2.24. The molecule has 1 fully saturated rings. The van der Waals surface area contributed by atoms with Crippen molar-refractivity contribution < 1.29 is 9.90 Å². The van der Waals surface area contributed by atoms with E-state index in [2.05, 4.69) is 17.1 Å². The van der Waals surface area contributed by atoms with Crippen LogP contribution < -0.4 is 5.56 Å². The van der Waals surface area contributed by atoms with E-state index in [0.29, 0.717) is 46.4 Å². The molecule has 8 heteroatoms. The Morgan fingerprint density at radius 1 is 0.974 bits per heavy atom. The second-order valence-electron chi connectivity index (χ2n) is 10.3. The van der Waals surface area contributed by atoms with E-state index in [0.717, 1.165) is 35.2 Å². The minimum Gasteiger partial charge on any atom is -0.378 e. The molecule has 198 valence electrons. The second-order valence-corrected chi connectivity index (χ2v) is 11.2. The molecule has 1 unspecified atom stereocenters. The molecule has 6 nitrogen and oxygen atoms in total. The molecular formula is C31H27Cl2N3O3. The number of amides is 1. The Kier molecular flexibility index (Phi) is 6.79. The topological polar surface area (TPSA) is 86.3 Å². The first-order chi connectivity index (χ1) is 18.8. The van der Waals surface area contributed by atoms with Crippen LogP contribution in [0.25, 0.3) is 11.1 Å². The highest BCUT2D eigenvalue weighted by Gasteiger charge is 2.48.